The molecule has 0 heterocycles. The number of rotatable bonds is 11. The Morgan fingerprint density at radius 2 is 1.48 bits per heavy atom. The molecule has 0 saturated heterocycles. The highest BCUT2D eigenvalue weighted by atomic mass is 16.5. The number of primary amides is 2. The Balaban J connectivity index is 2.07. The minimum atomic E-state index is -0.333. The highest BCUT2D eigenvalue weighted by Gasteiger charge is 1.99. The van der Waals surface area contributed by atoms with Gasteiger partial charge >= 0.3 is 0 Å². The predicted molar refractivity (Wildman–Crippen MR) is 81.7 cm³/mol. The molecule has 1 aromatic carbocycles. The molecule has 1 aromatic rings. The molecule has 0 aromatic heterocycles. The molecular weight excluding hydrogens is 268 g/mol. The molecule has 0 fully saturated rings. The molecule has 116 valence electrons. The summed E-state index contributed by atoms with van der Waals surface area (Å²) in [7, 11) is 0. The van der Waals surface area contributed by atoms with Gasteiger partial charge in [0.2, 0.25) is 11.8 Å². The molecule has 21 heavy (non-hydrogen) atoms. The predicted octanol–water partition coefficient (Wildman–Crippen LogP) is 1.92. The van der Waals surface area contributed by atoms with Gasteiger partial charge in [0, 0.05) is 6.42 Å². The Morgan fingerprint density at radius 3 is 2.10 bits per heavy atom. The zero-order valence-corrected chi connectivity index (χ0v) is 12.3. The van der Waals surface area contributed by atoms with Crippen molar-refractivity contribution >= 4 is 11.8 Å². The van der Waals surface area contributed by atoms with Crippen molar-refractivity contribution in [1.29, 1.82) is 0 Å². The van der Waals surface area contributed by atoms with Crippen LogP contribution in [-0.4, -0.2) is 18.4 Å². The van der Waals surface area contributed by atoms with E-state index in [4.69, 9.17) is 16.2 Å². The van der Waals surface area contributed by atoms with Crippen LogP contribution in [0.25, 0.3) is 0 Å². The van der Waals surface area contributed by atoms with Crippen LogP contribution in [0.4, 0.5) is 0 Å². The van der Waals surface area contributed by atoms with Gasteiger partial charge in [0.25, 0.3) is 0 Å². The van der Waals surface area contributed by atoms with Gasteiger partial charge in [0.05, 0.1) is 13.0 Å². The summed E-state index contributed by atoms with van der Waals surface area (Å²) < 4.78 is 5.62. The van der Waals surface area contributed by atoms with E-state index in [0.717, 1.165) is 43.4 Å². The first-order valence-corrected chi connectivity index (χ1v) is 7.36. The molecule has 0 unspecified atom stereocenters. The molecule has 0 bridgehead atoms. The Hall–Kier alpha value is -2.04. The summed E-state index contributed by atoms with van der Waals surface area (Å²) >= 11 is 0. The molecule has 5 nitrogen and oxygen atoms in total. The number of unbranched alkanes of at least 4 members (excludes halogenated alkanes) is 4. The molecule has 0 atom stereocenters. The first-order valence-electron chi connectivity index (χ1n) is 7.36. The SMILES string of the molecule is NC(=O)CCCCCCCOc1ccc(CC(N)=O)cc1. The van der Waals surface area contributed by atoms with Gasteiger partial charge in [-0.1, -0.05) is 31.4 Å². The second-order valence-electron chi connectivity index (χ2n) is 5.12. The van der Waals surface area contributed by atoms with Crippen LogP contribution in [0.15, 0.2) is 24.3 Å². The molecule has 0 aliphatic rings. The lowest BCUT2D eigenvalue weighted by molar-refractivity contribution is -0.118. The Labute approximate surface area is 125 Å². The van der Waals surface area contributed by atoms with Crippen LogP contribution in [0.3, 0.4) is 0 Å². The average molecular weight is 292 g/mol. The van der Waals surface area contributed by atoms with Crippen LogP contribution in [0.1, 0.15) is 44.1 Å². The highest BCUT2D eigenvalue weighted by Crippen LogP contribution is 2.13. The van der Waals surface area contributed by atoms with E-state index in [1.54, 1.807) is 0 Å². The van der Waals surface area contributed by atoms with E-state index in [0.29, 0.717) is 13.0 Å². The third kappa shape index (κ3) is 8.68. The average Bonchev–Trinajstić information content (AvgIpc) is 2.42. The molecule has 4 N–H and O–H groups in total. The maximum atomic E-state index is 10.8. The quantitative estimate of drug-likeness (QED) is 0.610. The van der Waals surface area contributed by atoms with Crippen LogP contribution in [0.2, 0.25) is 0 Å². The number of carbonyl (C=O) groups excluding carboxylic acids is 2. The van der Waals surface area contributed by atoms with Crippen molar-refractivity contribution in [2.75, 3.05) is 6.61 Å². The lowest BCUT2D eigenvalue weighted by Crippen LogP contribution is -2.13. The molecule has 0 radical (unpaired) electrons. The molecular formula is C16H24N2O3. The van der Waals surface area contributed by atoms with Crippen LogP contribution in [0, 0.1) is 0 Å². The normalized spacial score (nSPS) is 10.3. The lowest BCUT2D eigenvalue weighted by atomic mass is 10.1. The molecule has 0 spiro atoms. The first-order chi connectivity index (χ1) is 10.1. The van der Waals surface area contributed by atoms with Crippen molar-refractivity contribution in [2.24, 2.45) is 11.5 Å². The molecule has 2 amide bonds. The van der Waals surface area contributed by atoms with Crippen molar-refractivity contribution in [3.63, 3.8) is 0 Å². The van der Waals surface area contributed by atoms with Gasteiger partial charge in [0.1, 0.15) is 5.75 Å². The topological polar surface area (TPSA) is 95.4 Å². The molecule has 0 aliphatic carbocycles. The zero-order valence-electron chi connectivity index (χ0n) is 12.3. The van der Waals surface area contributed by atoms with Crippen LogP contribution >= 0.6 is 0 Å². The highest BCUT2D eigenvalue weighted by molar-refractivity contribution is 5.76. The fourth-order valence-electron chi connectivity index (χ4n) is 2.03. The molecule has 0 saturated carbocycles. The fourth-order valence-corrected chi connectivity index (χ4v) is 2.03. The van der Waals surface area contributed by atoms with Crippen molar-refractivity contribution in [1.82, 2.24) is 0 Å². The van der Waals surface area contributed by atoms with Crippen LogP contribution in [-0.2, 0) is 16.0 Å². The summed E-state index contributed by atoms with van der Waals surface area (Å²) in [6.07, 6.45) is 5.80. The van der Waals surface area contributed by atoms with Crippen LogP contribution in [0.5, 0.6) is 5.75 Å². The number of nitrogens with two attached hydrogens (primary N) is 2. The van der Waals surface area contributed by atoms with Gasteiger partial charge in [0.15, 0.2) is 0 Å². The van der Waals surface area contributed by atoms with Crippen molar-refractivity contribution in [2.45, 2.75) is 44.9 Å². The third-order valence-electron chi connectivity index (χ3n) is 3.14. The number of hydrogen-bond donors (Lipinski definition) is 2. The van der Waals surface area contributed by atoms with Gasteiger partial charge in [-0.3, -0.25) is 9.59 Å². The summed E-state index contributed by atoms with van der Waals surface area (Å²) in [5, 5.41) is 0. The minimum Gasteiger partial charge on any atom is -0.494 e. The number of ether oxygens (including phenoxy) is 1. The maximum absolute atomic E-state index is 10.8. The van der Waals surface area contributed by atoms with Gasteiger partial charge < -0.3 is 16.2 Å². The van der Waals surface area contributed by atoms with Gasteiger partial charge in [-0.2, -0.15) is 0 Å². The minimum absolute atomic E-state index is 0.224. The largest absolute Gasteiger partial charge is 0.494 e. The number of carbonyl (C=O) groups is 2. The molecule has 1 rings (SSSR count). The van der Waals surface area contributed by atoms with Gasteiger partial charge in [-0.25, -0.2) is 0 Å². The van der Waals surface area contributed by atoms with Gasteiger partial charge in [-0.15, -0.1) is 0 Å². The van der Waals surface area contributed by atoms with E-state index in [2.05, 4.69) is 0 Å². The first kappa shape index (κ1) is 17.0. The summed E-state index contributed by atoms with van der Waals surface area (Å²) in [4.78, 5) is 21.3. The number of benzene rings is 1. The van der Waals surface area contributed by atoms with Crippen molar-refractivity contribution < 1.29 is 14.3 Å². The second kappa shape index (κ2) is 9.80. The van der Waals surface area contributed by atoms with E-state index in [9.17, 15) is 9.59 Å². The number of amides is 2. The summed E-state index contributed by atoms with van der Waals surface area (Å²) in [6, 6.07) is 7.41. The maximum Gasteiger partial charge on any atom is 0.221 e. The lowest BCUT2D eigenvalue weighted by Gasteiger charge is -2.07. The number of hydrogen-bond acceptors (Lipinski definition) is 3. The van der Waals surface area contributed by atoms with Crippen molar-refractivity contribution in [3.05, 3.63) is 29.8 Å². The van der Waals surface area contributed by atoms with E-state index < -0.39 is 0 Å². The molecule has 0 aliphatic heterocycles. The Morgan fingerprint density at radius 1 is 0.857 bits per heavy atom. The second-order valence-corrected chi connectivity index (χ2v) is 5.12. The Bertz CT molecular complexity index is 443. The van der Waals surface area contributed by atoms with E-state index in [1.807, 2.05) is 24.3 Å². The van der Waals surface area contributed by atoms with E-state index in [1.165, 1.54) is 0 Å². The van der Waals surface area contributed by atoms with E-state index in [-0.39, 0.29) is 18.2 Å². The summed E-state index contributed by atoms with van der Waals surface area (Å²) in [5.41, 5.74) is 11.1. The third-order valence-corrected chi connectivity index (χ3v) is 3.14. The molecule has 5 heteroatoms. The fraction of sp³-hybridized carbons (Fsp3) is 0.500. The van der Waals surface area contributed by atoms with Crippen LogP contribution < -0.4 is 16.2 Å². The van der Waals surface area contributed by atoms with Crippen molar-refractivity contribution in [3.8, 4) is 5.75 Å². The Kier molecular flexibility index (Phi) is 7.94. The monoisotopic (exact) mass is 292 g/mol. The van der Waals surface area contributed by atoms with E-state index >= 15 is 0 Å². The smallest absolute Gasteiger partial charge is 0.221 e. The van der Waals surface area contributed by atoms with Gasteiger partial charge in [-0.05, 0) is 30.5 Å². The summed E-state index contributed by atoms with van der Waals surface area (Å²) in [5.74, 6) is 0.245. The standard InChI is InChI=1S/C16H24N2O3/c17-15(19)6-4-2-1-3-5-11-21-14-9-7-13(8-10-14)12-16(18)20/h7-10H,1-6,11-12H2,(H2,17,19)(H2,18,20). The summed E-state index contributed by atoms with van der Waals surface area (Å²) in [6.45, 7) is 0.672. The zero-order chi connectivity index (χ0) is 15.5.